The largest absolute Gasteiger partial charge is 0.494 e. The molecule has 1 fully saturated rings. The van der Waals surface area contributed by atoms with Crippen LogP contribution in [-0.2, 0) is 9.31 Å². The molecule has 2 aromatic rings. The van der Waals surface area contributed by atoms with Crippen LogP contribution in [0.2, 0.25) is 0 Å². The van der Waals surface area contributed by atoms with Gasteiger partial charge >= 0.3 is 12.8 Å². The maximum atomic E-state index is 11.5. The lowest BCUT2D eigenvalue weighted by atomic mass is 9.79. The first kappa shape index (κ1) is 13.3. The summed E-state index contributed by atoms with van der Waals surface area (Å²) in [7, 11) is -0.450. The van der Waals surface area contributed by atoms with E-state index in [-0.39, 0.29) is 16.9 Å². The number of hydrogen-bond acceptors (Lipinski definition) is 4. The van der Waals surface area contributed by atoms with Crippen molar-refractivity contribution in [1.82, 2.24) is 9.66 Å². The third-order valence-corrected chi connectivity index (χ3v) is 4.27. The molecule has 7 heteroatoms. The number of nitrogens with two attached hydrogens (primary N) is 1. The first-order valence-corrected chi connectivity index (χ1v) is 6.57. The lowest BCUT2D eigenvalue weighted by Gasteiger charge is -2.32. The zero-order chi connectivity index (χ0) is 14.7. The molecule has 0 atom stereocenters. The SMILES string of the molecule is CC1(C)OB(c2ccc3c(c2)[nH]c(=O)n3N)OC1(C)C. The van der Waals surface area contributed by atoms with Crippen LogP contribution in [0, 0.1) is 0 Å². The average molecular weight is 275 g/mol. The van der Waals surface area contributed by atoms with E-state index in [2.05, 4.69) is 4.98 Å². The number of rotatable bonds is 1. The Labute approximate surface area is 117 Å². The van der Waals surface area contributed by atoms with Crippen LogP contribution in [0.15, 0.2) is 23.0 Å². The quantitative estimate of drug-likeness (QED) is 0.581. The summed E-state index contributed by atoms with van der Waals surface area (Å²) >= 11 is 0. The van der Waals surface area contributed by atoms with Gasteiger partial charge in [-0.3, -0.25) is 0 Å². The molecule has 20 heavy (non-hydrogen) atoms. The molecule has 3 rings (SSSR count). The van der Waals surface area contributed by atoms with E-state index in [0.717, 1.165) is 10.1 Å². The first-order valence-electron chi connectivity index (χ1n) is 6.57. The second-order valence-corrected chi connectivity index (χ2v) is 6.16. The van der Waals surface area contributed by atoms with Crippen molar-refractivity contribution in [2.45, 2.75) is 38.9 Å². The molecule has 1 saturated heterocycles. The van der Waals surface area contributed by atoms with E-state index in [9.17, 15) is 4.79 Å². The second kappa shape index (κ2) is 3.89. The van der Waals surface area contributed by atoms with Gasteiger partial charge < -0.3 is 20.1 Å². The van der Waals surface area contributed by atoms with Crippen molar-refractivity contribution < 1.29 is 9.31 Å². The lowest BCUT2D eigenvalue weighted by molar-refractivity contribution is 0.00578. The monoisotopic (exact) mass is 275 g/mol. The number of nitrogens with zero attached hydrogens (tertiary/aromatic N) is 1. The Balaban J connectivity index is 2.02. The van der Waals surface area contributed by atoms with E-state index < -0.39 is 7.12 Å². The van der Waals surface area contributed by atoms with Gasteiger partial charge in [-0.1, -0.05) is 6.07 Å². The van der Waals surface area contributed by atoms with Gasteiger partial charge in [0.1, 0.15) is 0 Å². The average Bonchev–Trinajstić information content (AvgIpc) is 2.74. The Morgan fingerprint density at radius 1 is 1.20 bits per heavy atom. The molecule has 1 aliphatic heterocycles. The van der Waals surface area contributed by atoms with Crippen molar-refractivity contribution in [2.24, 2.45) is 0 Å². The maximum Gasteiger partial charge on any atom is 0.494 e. The van der Waals surface area contributed by atoms with Crippen LogP contribution in [0.1, 0.15) is 27.7 Å². The zero-order valence-corrected chi connectivity index (χ0v) is 12.1. The van der Waals surface area contributed by atoms with Crippen LogP contribution in [0.3, 0.4) is 0 Å². The molecular formula is C13H18BN3O3. The molecule has 6 nitrogen and oxygen atoms in total. The molecule has 0 saturated carbocycles. The molecule has 0 unspecified atom stereocenters. The Morgan fingerprint density at radius 2 is 1.80 bits per heavy atom. The van der Waals surface area contributed by atoms with Gasteiger partial charge in [-0.25, -0.2) is 9.47 Å². The molecule has 2 heterocycles. The molecule has 0 aliphatic carbocycles. The summed E-state index contributed by atoms with van der Waals surface area (Å²) in [5.74, 6) is 5.64. The minimum absolute atomic E-state index is 0.342. The summed E-state index contributed by atoms with van der Waals surface area (Å²) in [6.07, 6.45) is 0. The van der Waals surface area contributed by atoms with Crippen molar-refractivity contribution >= 4 is 23.6 Å². The third kappa shape index (κ3) is 1.77. The Hall–Kier alpha value is -1.73. The van der Waals surface area contributed by atoms with Crippen LogP contribution >= 0.6 is 0 Å². The van der Waals surface area contributed by atoms with E-state index >= 15 is 0 Å². The standard InChI is InChI=1S/C13H18BN3O3/c1-12(2)13(3,4)20-14(19-12)8-5-6-10-9(7-8)16-11(18)17(10)15/h5-7H,15H2,1-4H3,(H,16,18). The van der Waals surface area contributed by atoms with Crippen LogP contribution in [0.4, 0.5) is 0 Å². The van der Waals surface area contributed by atoms with E-state index in [4.69, 9.17) is 15.2 Å². The van der Waals surface area contributed by atoms with Crippen molar-refractivity contribution in [3.8, 4) is 0 Å². The van der Waals surface area contributed by atoms with Gasteiger partial charge in [0, 0.05) is 0 Å². The molecular weight excluding hydrogens is 257 g/mol. The maximum absolute atomic E-state index is 11.5. The van der Waals surface area contributed by atoms with E-state index in [1.165, 1.54) is 0 Å². The van der Waals surface area contributed by atoms with Crippen LogP contribution in [-0.4, -0.2) is 28.0 Å². The summed E-state index contributed by atoms with van der Waals surface area (Å²) in [6.45, 7) is 8.01. The molecule has 0 bridgehead atoms. The van der Waals surface area contributed by atoms with Gasteiger partial charge in [0.05, 0.1) is 22.2 Å². The number of imidazole rings is 1. The highest BCUT2D eigenvalue weighted by Gasteiger charge is 2.51. The van der Waals surface area contributed by atoms with Gasteiger partial charge in [-0.05, 0) is 45.3 Å². The van der Waals surface area contributed by atoms with E-state index in [1.54, 1.807) is 6.07 Å². The second-order valence-electron chi connectivity index (χ2n) is 6.16. The molecule has 1 aliphatic rings. The number of aromatic amines is 1. The minimum Gasteiger partial charge on any atom is -0.399 e. The Kier molecular flexibility index (Phi) is 2.58. The van der Waals surface area contributed by atoms with E-state index in [1.807, 2.05) is 39.8 Å². The van der Waals surface area contributed by atoms with Gasteiger partial charge in [0.2, 0.25) is 0 Å². The fourth-order valence-electron chi connectivity index (χ4n) is 2.27. The summed E-state index contributed by atoms with van der Waals surface area (Å²) in [5.41, 5.74) is 1.06. The predicted molar refractivity (Wildman–Crippen MR) is 78.4 cm³/mol. The molecule has 0 radical (unpaired) electrons. The fraction of sp³-hybridized carbons (Fsp3) is 0.462. The molecule has 106 valence electrons. The minimum atomic E-state index is -0.450. The van der Waals surface area contributed by atoms with Crippen molar-refractivity contribution in [1.29, 1.82) is 0 Å². The normalized spacial score (nSPS) is 20.7. The summed E-state index contributed by atoms with van der Waals surface area (Å²) in [6, 6.07) is 5.48. The number of nitrogens with one attached hydrogen (secondary N) is 1. The predicted octanol–water partition coefficient (Wildman–Crippen LogP) is 0.343. The van der Waals surface area contributed by atoms with Crippen molar-refractivity contribution in [2.75, 3.05) is 5.84 Å². The summed E-state index contributed by atoms with van der Waals surface area (Å²) < 4.78 is 13.1. The van der Waals surface area contributed by atoms with Crippen LogP contribution < -0.4 is 17.0 Å². The third-order valence-electron chi connectivity index (χ3n) is 4.27. The lowest BCUT2D eigenvalue weighted by Crippen LogP contribution is -2.41. The number of benzene rings is 1. The molecule has 1 aromatic carbocycles. The topological polar surface area (TPSA) is 82.3 Å². The van der Waals surface area contributed by atoms with Gasteiger partial charge in [-0.15, -0.1) is 0 Å². The smallest absolute Gasteiger partial charge is 0.399 e. The molecule has 1 aromatic heterocycles. The Bertz CT molecular complexity index is 716. The molecule has 3 N–H and O–H groups in total. The van der Waals surface area contributed by atoms with Crippen LogP contribution in [0.25, 0.3) is 11.0 Å². The Morgan fingerprint density at radius 3 is 2.40 bits per heavy atom. The highest BCUT2D eigenvalue weighted by atomic mass is 16.7. The highest BCUT2D eigenvalue weighted by Crippen LogP contribution is 2.36. The van der Waals surface area contributed by atoms with Crippen molar-refractivity contribution in [3.05, 3.63) is 28.7 Å². The summed E-state index contributed by atoms with van der Waals surface area (Å²) in [5, 5.41) is 0. The van der Waals surface area contributed by atoms with E-state index in [0.29, 0.717) is 11.0 Å². The number of hydrogen-bond donors (Lipinski definition) is 2. The molecule has 0 amide bonds. The van der Waals surface area contributed by atoms with Gasteiger partial charge in [-0.2, -0.15) is 0 Å². The number of fused-ring (bicyclic) bond motifs is 1. The van der Waals surface area contributed by atoms with Crippen LogP contribution in [0.5, 0.6) is 0 Å². The van der Waals surface area contributed by atoms with Gasteiger partial charge in [0.25, 0.3) is 0 Å². The molecule has 0 spiro atoms. The number of H-pyrrole nitrogens is 1. The van der Waals surface area contributed by atoms with Gasteiger partial charge in [0.15, 0.2) is 0 Å². The highest BCUT2D eigenvalue weighted by molar-refractivity contribution is 6.62. The number of aromatic nitrogens is 2. The summed E-state index contributed by atoms with van der Waals surface area (Å²) in [4.78, 5) is 14.2. The van der Waals surface area contributed by atoms with Crippen molar-refractivity contribution in [3.63, 3.8) is 0 Å². The first-order chi connectivity index (χ1) is 9.21. The number of nitrogen functional groups attached to an aromatic ring is 1. The zero-order valence-electron chi connectivity index (χ0n) is 12.1. The fourth-order valence-corrected chi connectivity index (χ4v) is 2.27.